The largest absolute Gasteiger partial charge is 0.461 e. The van der Waals surface area contributed by atoms with Crippen LogP contribution in [0.4, 0.5) is 4.79 Å². The highest BCUT2D eigenvalue weighted by atomic mass is 16.6. The van der Waals surface area contributed by atoms with Crippen LogP contribution in [0.1, 0.15) is 108 Å². The van der Waals surface area contributed by atoms with E-state index in [1.54, 1.807) is 6.92 Å². The van der Waals surface area contributed by atoms with Crippen LogP contribution in [0.25, 0.3) is 0 Å². The molecule has 4 atom stereocenters. The molecular formula is C35H47NO5. The first-order valence-corrected chi connectivity index (χ1v) is 15.8. The van der Waals surface area contributed by atoms with Gasteiger partial charge in [0.2, 0.25) is 5.91 Å². The smallest absolute Gasteiger partial charge is 0.417 e. The van der Waals surface area contributed by atoms with Gasteiger partial charge in [0.25, 0.3) is 0 Å². The second kappa shape index (κ2) is 15.7. The molecule has 2 aromatic carbocycles. The highest BCUT2D eigenvalue weighted by Gasteiger charge is 2.52. The average molecular weight is 562 g/mol. The van der Waals surface area contributed by atoms with E-state index in [4.69, 9.17) is 9.47 Å². The van der Waals surface area contributed by atoms with Crippen LogP contribution in [0.15, 0.2) is 60.7 Å². The van der Waals surface area contributed by atoms with E-state index in [1.165, 1.54) is 56.3 Å². The van der Waals surface area contributed by atoms with Crippen LogP contribution in [0.2, 0.25) is 0 Å². The quantitative estimate of drug-likeness (QED) is 0.153. The Balaban J connectivity index is 1.38. The number of unbranched alkanes of at least 4 members (excludes halogenated alkanes) is 10. The molecular weight excluding hydrogens is 514 g/mol. The van der Waals surface area contributed by atoms with Crippen molar-refractivity contribution in [2.45, 2.75) is 109 Å². The molecule has 0 aliphatic carbocycles. The number of nitrogens with zero attached hydrogens (tertiary/aromatic N) is 1. The maximum Gasteiger partial charge on any atom is 0.417 e. The Hall–Kier alpha value is -3.15. The third kappa shape index (κ3) is 7.99. The molecule has 0 bridgehead atoms. The number of carbonyl (C=O) groups is 3. The van der Waals surface area contributed by atoms with Gasteiger partial charge in [-0.15, -0.1) is 0 Å². The molecule has 2 amide bonds. The van der Waals surface area contributed by atoms with E-state index in [9.17, 15) is 14.4 Å². The number of rotatable bonds is 16. The number of carbonyl (C=O) groups excluding carboxylic acids is 3. The fourth-order valence-corrected chi connectivity index (χ4v) is 6.47. The second-order valence-corrected chi connectivity index (χ2v) is 11.8. The average Bonchev–Trinajstić information content (AvgIpc) is 3.50. The van der Waals surface area contributed by atoms with Gasteiger partial charge >= 0.3 is 12.1 Å². The molecule has 0 aromatic heterocycles. The summed E-state index contributed by atoms with van der Waals surface area (Å²) in [4.78, 5) is 41.1. The number of imide groups is 1. The van der Waals surface area contributed by atoms with E-state index < -0.39 is 30.1 Å². The first-order valence-electron chi connectivity index (χ1n) is 15.8. The molecule has 0 N–H and O–H groups in total. The monoisotopic (exact) mass is 561 g/mol. The van der Waals surface area contributed by atoms with Crippen molar-refractivity contribution in [2.75, 3.05) is 6.61 Å². The molecule has 2 heterocycles. The molecule has 0 spiro atoms. The minimum Gasteiger partial charge on any atom is -0.461 e. The summed E-state index contributed by atoms with van der Waals surface area (Å²) >= 11 is 0. The van der Waals surface area contributed by atoms with Crippen molar-refractivity contribution in [1.29, 1.82) is 0 Å². The van der Waals surface area contributed by atoms with Gasteiger partial charge in [0.1, 0.15) is 12.7 Å². The van der Waals surface area contributed by atoms with Crippen molar-refractivity contribution in [3.63, 3.8) is 0 Å². The summed E-state index contributed by atoms with van der Waals surface area (Å²) in [6.07, 6.45) is 13.0. The van der Waals surface area contributed by atoms with Crippen LogP contribution in [0.3, 0.4) is 0 Å². The molecule has 6 heteroatoms. The van der Waals surface area contributed by atoms with Crippen LogP contribution in [0.5, 0.6) is 0 Å². The van der Waals surface area contributed by atoms with Crippen LogP contribution < -0.4 is 0 Å². The summed E-state index contributed by atoms with van der Waals surface area (Å²) < 4.78 is 11.2. The zero-order valence-electron chi connectivity index (χ0n) is 24.8. The van der Waals surface area contributed by atoms with Gasteiger partial charge in [-0.25, -0.2) is 9.69 Å². The second-order valence-electron chi connectivity index (χ2n) is 11.8. The van der Waals surface area contributed by atoms with Gasteiger partial charge in [0.05, 0.1) is 17.9 Å². The van der Waals surface area contributed by atoms with Gasteiger partial charge in [-0.1, -0.05) is 139 Å². The fourth-order valence-electron chi connectivity index (χ4n) is 6.47. The van der Waals surface area contributed by atoms with E-state index in [0.717, 1.165) is 30.4 Å². The molecule has 2 aliphatic heterocycles. The maximum atomic E-state index is 14.1. The summed E-state index contributed by atoms with van der Waals surface area (Å²) in [5.74, 6) is -2.25. The molecule has 4 rings (SSSR count). The standard InChI is InChI=1S/C35H47NO5/c1-3-4-5-6-7-8-9-10-11-12-19-24-30-31(26(2)34(38)41-30)33(37)36-29(25-40-35(36)39)32(27-20-15-13-16-21-27)28-22-17-14-18-23-28/h13-18,20-23,26,29-32H,3-12,19,24-25H2,1-2H3/t26-,29+,30+,31-/m1/s1. The Kier molecular flexibility index (Phi) is 11.8. The predicted molar refractivity (Wildman–Crippen MR) is 160 cm³/mol. The first-order chi connectivity index (χ1) is 20.0. The Morgan fingerprint density at radius 3 is 1.85 bits per heavy atom. The highest BCUT2D eigenvalue weighted by Crippen LogP contribution is 2.39. The summed E-state index contributed by atoms with van der Waals surface area (Å²) in [6, 6.07) is 19.3. The van der Waals surface area contributed by atoms with E-state index in [-0.39, 0.29) is 24.4 Å². The minimum atomic E-state index is -0.689. The number of benzene rings is 2. The van der Waals surface area contributed by atoms with Crippen LogP contribution in [-0.2, 0) is 19.1 Å². The van der Waals surface area contributed by atoms with Crippen LogP contribution in [-0.4, -0.2) is 41.6 Å². The topological polar surface area (TPSA) is 72.9 Å². The molecule has 2 aromatic rings. The summed E-state index contributed by atoms with van der Waals surface area (Å²) in [5, 5.41) is 0. The normalized spacial score (nSPS) is 22.3. The molecule has 2 saturated heterocycles. The van der Waals surface area contributed by atoms with Crippen molar-refractivity contribution >= 4 is 18.0 Å². The predicted octanol–water partition coefficient (Wildman–Crippen LogP) is 8.04. The molecule has 0 radical (unpaired) electrons. The van der Waals surface area contributed by atoms with Crippen molar-refractivity contribution in [3.05, 3.63) is 71.8 Å². The van der Waals surface area contributed by atoms with E-state index >= 15 is 0 Å². The fraction of sp³-hybridized carbons (Fsp3) is 0.571. The molecule has 222 valence electrons. The molecule has 6 nitrogen and oxygen atoms in total. The van der Waals surface area contributed by atoms with Gasteiger partial charge in [-0.3, -0.25) is 9.59 Å². The summed E-state index contributed by atoms with van der Waals surface area (Å²) in [6.45, 7) is 4.10. The summed E-state index contributed by atoms with van der Waals surface area (Å²) in [5.41, 5.74) is 2.01. The molecule has 0 saturated carbocycles. The van der Waals surface area contributed by atoms with Gasteiger partial charge in [-0.05, 0) is 24.0 Å². The lowest BCUT2D eigenvalue weighted by Gasteiger charge is -2.31. The number of amides is 2. The zero-order chi connectivity index (χ0) is 29.0. The maximum absolute atomic E-state index is 14.1. The third-order valence-corrected chi connectivity index (χ3v) is 8.80. The molecule has 0 unspecified atom stereocenters. The van der Waals surface area contributed by atoms with Gasteiger partial charge in [0, 0.05) is 5.92 Å². The number of hydrogen-bond acceptors (Lipinski definition) is 5. The lowest BCUT2D eigenvalue weighted by Crippen LogP contribution is -2.48. The van der Waals surface area contributed by atoms with Crippen molar-refractivity contribution in [2.24, 2.45) is 11.8 Å². The van der Waals surface area contributed by atoms with Crippen LogP contribution in [0, 0.1) is 11.8 Å². The minimum absolute atomic E-state index is 0.109. The molecule has 41 heavy (non-hydrogen) atoms. The zero-order valence-corrected chi connectivity index (χ0v) is 24.8. The van der Waals surface area contributed by atoms with E-state index in [2.05, 4.69) is 6.92 Å². The lowest BCUT2D eigenvalue weighted by molar-refractivity contribution is -0.144. The Morgan fingerprint density at radius 2 is 1.32 bits per heavy atom. The van der Waals surface area contributed by atoms with Crippen molar-refractivity contribution < 1.29 is 23.9 Å². The Bertz CT molecular complexity index is 1060. The van der Waals surface area contributed by atoms with E-state index in [0.29, 0.717) is 6.42 Å². The van der Waals surface area contributed by atoms with Crippen molar-refractivity contribution in [1.82, 2.24) is 4.90 Å². The van der Waals surface area contributed by atoms with Gasteiger partial charge in [0.15, 0.2) is 0 Å². The first kappa shape index (κ1) is 30.8. The Morgan fingerprint density at radius 1 is 0.805 bits per heavy atom. The van der Waals surface area contributed by atoms with Gasteiger partial charge in [-0.2, -0.15) is 0 Å². The number of hydrogen-bond donors (Lipinski definition) is 0. The van der Waals surface area contributed by atoms with E-state index in [1.807, 2.05) is 60.7 Å². The lowest BCUT2D eigenvalue weighted by atomic mass is 9.83. The molecule has 2 aliphatic rings. The SMILES string of the molecule is CCCCCCCCCCCCC[C@@H]1OC(=O)[C@H](C)[C@H]1C(=O)N1C(=O)OC[C@H]1C(c1ccccc1)c1ccccc1. The number of esters is 1. The third-order valence-electron chi connectivity index (χ3n) is 8.80. The molecule has 2 fully saturated rings. The van der Waals surface area contributed by atoms with Crippen molar-refractivity contribution in [3.8, 4) is 0 Å². The Labute approximate surface area is 245 Å². The summed E-state index contributed by atoms with van der Waals surface area (Å²) in [7, 11) is 0. The number of ether oxygens (including phenoxy) is 2. The van der Waals surface area contributed by atoms with Crippen LogP contribution >= 0.6 is 0 Å². The van der Waals surface area contributed by atoms with Gasteiger partial charge < -0.3 is 9.47 Å². The highest BCUT2D eigenvalue weighted by molar-refractivity contribution is 5.98. The number of cyclic esters (lactones) is 2.